The van der Waals surface area contributed by atoms with Crippen LogP contribution in [0.5, 0.6) is 0 Å². The summed E-state index contributed by atoms with van der Waals surface area (Å²) in [5.74, 6) is 0.633. The third kappa shape index (κ3) is 4.92. The van der Waals surface area contributed by atoms with Gasteiger partial charge in [-0.05, 0) is 18.1 Å². The molecule has 3 nitrogen and oxygen atoms in total. The fraction of sp³-hybridized carbons (Fsp3) is 0.111. The first kappa shape index (κ1) is 17.2. The Morgan fingerprint density at radius 2 is 1.65 bits per heavy atom. The first-order valence-corrected chi connectivity index (χ1v) is 8.72. The van der Waals surface area contributed by atoms with Gasteiger partial charge in [0.05, 0.1) is 16.0 Å². The lowest BCUT2D eigenvalue weighted by atomic mass is 10.2. The molecular formula is C18H16BrN3S. The van der Waals surface area contributed by atoms with Crippen LogP contribution in [0.15, 0.2) is 60.7 Å². The number of hydrogen-bond acceptors (Lipinski definition) is 4. The fourth-order valence-corrected chi connectivity index (χ4v) is 3.08. The molecule has 0 aliphatic heterocycles. The Balaban J connectivity index is 0.000000174. The Kier molecular flexibility index (Phi) is 6.33. The molecule has 0 aliphatic rings. The van der Waals surface area contributed by atoms with Crippen molar-refractivity contribution in [2.75, 3.05) is 5.73 Å². The zero-order valence-corrected chi connectivity index (χ0v) is 15.0. The van der Waals surface area contributed by atoms with E-state index in [9.17, 15) is 0 Å². The van der Waals surface area contributed by atoms with Crippen LogP contribution in [0.4, 0.5) is 5.82 Å². The maximum atomic E-state index is 8.49. The highest BCUT2D eigenvalue weighted by molar-refractivity contribution is 9.09. The van der Waals surface area contributed by atoms with Crippen LogP contribution in [0, 0.1) is 18.3 Å². The van der Waals surface area contributed by atoms with Crippen molar-refractivity contribution in [3.8, 4) is 16.5 Å². The van der Waals surface area contributed by atoms with Gasteiger partial charge in [0.15, 0.2) is 0 Å². The molecule has 3 rings (SSSR count). The van der Waals surface area contributed by atoms with E-state index < -0.39 is 0 Å². The van der Waals surface area contributed by atoms with Gasteiger partial charge >= 0.3 is 0 Å². The number of nitrogen functional groups attached to an aromatic ring is 1. The van der Waals surface area contributed by atoms with Gasteiger partial charge in [-0.25, -0.2) is 4.98 Å². The molecule has 0 fully saturated rings. The minimum Gasteiger partial charge on any atom is -0.382 e. The second-order valence-corrected chi connectivity index (χ2v) is 6.83. The molecule has 1 heterocycles. The molecule has 23 heavy (non-hydrogen) atoms. The predicted molar refractivity (Wildman–Crippen MR) is 100 cm³/mol. The van der Waals surface area contributed by atoms with Gasteiger partial charge in [0, 0.05) is 0 Å². The maximum absolute atomic E-state index is 8.49. The lowest BCUT2D eigenvalue weighted by Crippen LogP contribution is -1.86. The molecule has 2 aromatic carbocycles. The highest BCUT2D eigenvalue weighted by Gasteiger charge is 2.06. The molecule has 0 bridgehead atoms. The molecule has 0 spiro atoms. The van der Waals surface area contributed by atoms with Gasteiger partial charge < -0.3 is 5.73 Å². The minimum absolute atomic E-state index is 0.173. The van der Waals surface area contributed by atoms with Crippen LogP contribution in [0.25, 0.3) is 10.4 Å². The van der Waals surface area contributed by atoms with Gasteiger partial charge in [0.25, 0.3) is 0 Å². The SMILES string of the molecule is Cc1nc(N)c(-c2ccccc2)s1.N#CC(Br)c1ccccc1. The molecule has 0 aliphatic carbocycles. The first-order valence-electron chi connectivity index (χ1n) is 6.98. The number of benzene rings is 2. The quantitative estimate of drug-likeness (QED) is 0.604. The van der Waals surface area contributed by atoms with E-state index >= 15 is 0 Å². The van der Waals surface area contributed by atoms with E-state index in [2.05, 4.69) is 27.0 Å². The third-order valence-electron chi connectivity index (χ3n) is 3.00. The molecule has 116 valence electrons. The predicted octanol–water partition coefficient (Wildman–Crippen LogP) is 5.35. The Labute approximate surface area is 148 Å². The second kappa shape index (κ2) is 8.47. The molecule has 3 aromatic rings. The number of rotatable bonds is 2. The number of nitriles is 1. The largest absolute Gasteiger partial charge is 0.382 e. The van der Waals surface area contributed by atoms with Gasteiger partial charge in [-0.2, -0.15) is 5.26 Å². The summed E-state index contributed by atoms with van der Waals surface area (Å²) in [5, 5.41) is 9.50. The number of nitrogens with zero attached hydrogens (tertiary/aromatic N) is 2. The molecule has 0 radical (unpaired) electrons. The summed E-state index contributed by atoms with van der Waals surface area (Å²) in [5.41, 5.74) is 7.92. The molecule has 5 heteroatoms. The van der Waals surface area contributed by atoms with Crippen LogP contribution >= 0.6 is 27.3 Å². The van der Waals surface area contributed by atoms with Gasteiger partial charge in [-0.15, -0.1) is 11.3 Å². The summed E-state index contributed by atoms with van der Waals surface area (Å²) in [6.45, 7) is 1.97. The average molecular weight is 386 g/mol. The third-order valence-corrected chi connectivity index (χ3v) is 4.77. The number of alkyl halides is 1. The summed E-state index contributed by atoms with van der Waals surface area (Å²) in [4.78, 5) is 5.08. The van der Waals surface area contributed by atoms with Crippen LogP contribution in [0.3, 0.4) is 0 Å². The van der Waals surface area contributed by atoms with E-state index in [1.54, 1.807) is 11.3 Å². The van der Waals surface area contributed by atoms with Gasteiger partial charge in [-0.1, -0.05) is 76.6 Å². The topological polar surface area (TPSA) is 62.7 Å². The number of thiazole rings is 1. The standard InChI is InChI=1S/C10H10N2S.C8H6BrN/c1-7-12-10(11)9(13-7)8-5-3-2-4-6-8;9-8(6-10)7-4-2-1-3-5-7/h2-6H,11H2,1H3;1-5,8H. The van der Waals surface area contributed by atoms with Crippen LogP contribution in [0.1, 0.15) is 15.4 Å². The summed E-state index contributed by atoms with van der Waals surface area (Å²) >= 11 is 4.86. The van der Waals surface area contributed by atoms with Crippen molar-refractivity contribution in [1.29, 1.82) is 5.26 Å². The zero-order valence-electron chi connectivity index (χ0n) is 12.6. The van der Waals surface area contributed by atoms with Crippen molar-refractivity contribution < 1.29 is 0 Å². The number of hydrogen-bond donors (Lipinski definition) is 1. The van der Waals surface area contributed by atoms with Crippen molar-refractivity contribution in [3.05, 3.63) is 71.2 Å². The van der Waals surface area contributed by atoms with Gasteiger partial charge in [0.1, 0.15) is 10.6 Å². The molecule has 0 saturated heterocycles. The van der Waals surface area contributed by atoms with Crippen LogP contribution in [-0.2, 0) is 0 Å². The Bertz CT molecular complexity index is 779. The Morgan fingerprint density at radius 3 is 2.13 bits per heavy atom. The highest BCUT2D eigenvalue weighted by Crippen LogP contribution is 2.31. The maximum Gasteiger partial charge on any atom is 0.142 e. The summed E-state index contributed by atoms with van der Waals surface area (Å²) in [6.07, 6.45) is 0. The summed E-state index contributed by atoms with van der Waals surface area (Å²) < 4.78 is 0. The Hall–Kier alpha value is -2.16. The first-order chi connectivity index (χ1) is 11.1. The van der Waals surface area contributed by atoms with E-state index in [1.807, 2.05) is 67.6 Å². The monoisotopic (exact) mass is 385 g/mol. The summed E-state index contributed by atoms with van der Waals surface area (Å²) in [7, 11) is 0. The van der Waals surface area contributed by atoms with Crippen LogP contribution < -0.4 is 5.73 Å². The van der Waals surface area contributed by atoms with Crippen LogP contribution in [0.2, 0.25) is 0 Å². The second-order valence-electron chi connectivity index (χ2n) is 4.72. The smallest absolute Gasteiger partial charge is 0.142 e. The lowest BCUT2D eigenvalue weighted by molar-refractivity contribution is 1.25. The van der Waals surface area contributed by atoms with Crippen molar-refractivity contribution >= 4 is 33.1 Å². The number of aromatic nitrogens is 1. The Morgan fingerprint density at radius 1 is 1.09 bits per heavy atom. The lowest BCUT2D eigenvalue weighted by Gasteiger charge is -1.97. The molecular weight excluding hydrogens is 370 g/mol. The number of anilines is 1. The van der Waals surface area contributed by atoms with Crippen LogP contribution in [-0.4, -0.2) is 4.98 Å². The van der Waals surface area contributed by atoms with E-state index in [1.165, 1.54) is 0 Å². The normalized spacial score (nSPS) is 11.0. The van der Waals surface area contributed by atoms with E-state index in [-0.39, 0.29) is 4.83 Å². The van der Waals surface area contributed by atoms with E-state index in [0.29, 0.717) is 5.82 Å². The minimum atomic E-state index is -0.173. The molecule has 1 atom stereocenters. The van der Waals surface area contributed by atoms with E-state index in [0.717, 1.165) is 21.0 Å². The van der Waals surface area contributed by atoms with Crippen molar-refractivity contribution in [2.45, 2.75) is 11.8 Å². The van der Waals surface area contributed by atoms with Crippen molar-refractivity contribution in [1.82, 2.24) is 4.98 Å². The molecule has 2 N–H and O–H groups in total. The van der Waals surface area contributed by atoms with E-state index in [4.69, 9.17) is 11.0 Å². The molecule has 1 aromatic heterocycles. The summed E-state index contributed by atoms with van der Waals surface area (Å²) in [6, 6.07) is 21.8. The molecule has 0 amide bonds. The van der Waals surface area contributed by atoms with Crippen molar-refractivity contribution in [3.63, 3.8) is 0 Å². The molecule has 0 saturated carbocycles. The average Bonchev–Trinajstić information content (AvgIpc) is 2.94. The van der Waals surface area contributed by atoms with Gasteiger partial charge in [0.2, 0.25) is 0 Å². The molecule has 1 unspecified atom stereocenters. The number of halogens is 1. The number of aryl methyl sites for hydroxylation is 1. The zero-order chi connectivity index (χ0) is 16.7. The van der Waals surface area contributed by atoms with Gasteiger partial charge in [-0.3, -0.25) is 0 Å². The fourth-order valence-electron chi connectivity index (χ4n) is 1.94. The van der Waals surface area contributed by atoms with Crippen molar-refractivity contribution in [2.24, 2.45) is 0 Å². The highest BCUT2D eigenvalue weighted by atomic mass is 79.9. The number of nitrogens with two attached hydrogens (primary N) is 1.